The largest absolute Gasteiger partial charge is 0.381 e. The lowest BCUT2D eigenvalue weighted by Crippen LogP contribution is -2.51. The van der Waals surface area contributed by atoms with Crippen molar-refractivity contribution in [3.05, 3.63) is 65.7 Å². The van der Waals surface area contributed by atoms with Crippen LogP contribution in [0.5, 0.6) is 0 Å². The molecule has 5 rings (SSSR count). The first kappa shape index (κ1) is 18.6. The molecule has 2 unspecified atom stereocenters. The van der Waals surface area contributed by atoms with Gasteiger partial charge in [-0.2, -0.15) is 0 Å². The van der Waals surface area contributed by atoms with E-state index in [4.69, 9.17) is 4.74 Å². The summed E-state index contributed by atoms with van der Waals surface area (Å²) in [6, 6.07) is 19.6. The maximum Gasteiger partial charge on any atom is 0.322 e. The summed E-state index contributed by atoms with van der Waals surface area (Å²) in [4.78, 5) is 17.9. The molecular formula is C24H29N3O2. The maximum atomic E-state index is 13.2. The van der Waals surface area contributed by atoms with Crippen molar-refractivity contribution in [1.82, 2.24) is 9.80 Å². The van der Waals surface area contributed by atoms with Gasteiger partial charge in [-0.1, -0.05) is 48.5 Å². The number of hydrogen-bond donors (Lipinski definition) is 1. The van der Waals surface area contributed by atoms with Gasteiger partial charge >= 0.3 is 6.03 Å². The van der Waals surface area contributed by atoms with E-state index in [0.717, 1.165) is 51.3 Å². The minimum absolute atomic E-state index is 0.0105. The molecule has 0 saturated carbocycles. The van der Waals surface area contributed by atoms with Crippen molar-refractivity contribution in [2.24, 2.45) is 0 Å². The van der Waals surface area contributed by atoms with Crippen LogP contribution in [0.3, 0.4) is 0 Å². The van der Waals surface area contributed by atoms with E-state index in [1.54, 1.807) is 0 Å². The number of urea groups is 1. The van der Waals surface area contributed by atoms with Gasteiger partial charge in [0.25, 0.3) is 0 Å². The molecule has 29 heavy (non-hydrogen) atoms. The van der Waals surface area contributed by atoms with Crippen LogP contribution in [0.4, 0.5) is 10.5 Å². The monoisotopic (exact) mass is 391 g/mol. The minimum atomic E-state index is -0.0433. The van der Waals surface area contributed by atoms with Crippen molar-refractivity contribution in [2.75, 3.05) is 31.6 Å². The van der Waals surface area contributed by atoms with Crippen molar-refractivity contribution in [2.45, 2.75) is 43.8 Å². The number of carbonyl (C=O) groups excluding carboxylic acids is 1. The number of para-hydroxylation sites is 1. The smallest absolute Gasteiger partial charge is 0.322 e. The van der Waals surface area contributed by atoms with Gasteiger partial charge in [0.2, 0.25) is 0 Å². The standard InChI is InChI=1S/C24H29N3O2/c28-24-25-22-11-5-4-10-21(22)23(18-7-2-1-3-8-18)27(24)17-20-9-6-14-26(20)19-12-15-29-16-13-19/h1-5,7-8,10-11,19-20,23H,6,9,12-17H2,(H,25,28). The number of nitrogens with one attached hydrogen (secondary N) is 1. The molecule has 1 N–H and O–H groups in total. The predicted octanol–water partition coefficient (Wildman–Crippen LogP) is 4.27. The normalized spacial score (nSPS) is 25.7. The molecular weight excluding hydrogens is 362 g/mol. The second-order valence-corrected chi connectivity index (χ2v) is 8.36. The fraction of sp³-hybridized carbons (Fsp3) is 0.458. The van der Waals surface area contributed by atoms with Gasteiger partial charge < -0.3 is 15.0 Å². The Morgan fingerprint density at radius 1 is 0.966 bits per heavy atom. The Balaban J connectivity index is 1.45. The van der Waals surface area contributed by atoms with E-state index < -0.39 is 0 Å². The summed E-state index contributed by atoms with van der Waals surface area (Å²) in [5.41, 5.74) is 3.27. The van der Waals surface area contributed by atoms with Gasteiger partial charge in [-0.3, -0.25) is 4.90 Å². The summed E-state index contributed by atoms with van der Waals surface area (Å²) in [5.74, 6) is 0. The quantitative estimate of drug-likeness (QED) is 0.847. The molecule has 152 valence electrons. The zero-order valence-corrected chi connectivity index (χ0v) is 16.8. The third-order valence-electron chi connectivity index (χ3n) is 6.67. The highest BCUT2D eigenvalue weighted by molar-refractivity contribution is 5.93. The number of rotatable bonds is 4. The van der Waals surface area contributed by atoms with E-state index in [-0.39, 0.29) is 12.1 Å². The summed E-state index contributed by atoms with van der Waals surface area (Å²) in [6.45, 7) is 3.62. The van der Waals surface area contributed by atoms with Crippen LogP contribution in [-0.4, -0.2) is 54.2 Å². The number of nitrogens with zero attached hydrogens (tertiary/aromatic N) is 2. The van der Waals surface area contributed by atoms with Crippen LogP contribution in [0, 0.1) is 0 Å². The summed E-state index contributed by atoms with van der Waals surface area (Å²) in [5, 5.41) is 3.13. The summed E-state index contributed by atoms with van der Waals surface area (Å²) < 4.78 is 5.57. The Morgan fingerprint density at radius 2 is 1.72 bits per heavy atom. The average molecular weight is 392 g/mol. The Morgan fingerprint density at radius 3 is 2.55 bits per heavy atom. The van der Waals surface area contributed by atoms with E-state index in [1.165, 1.54) is 17.5 Å². The van der Waals surface area contributed by atoms with Crippen molar-refractivity contribution < 1.29 is 9.53 Å². The fourth-order valence-electron chi connectivity index (χ4n) is 5.28. The van der Waals surface area contributed by atoms with Crippen molar-refractivity contribution >= 4 is 11.7 Å². The molecule has 3 aliphatic heterocycles. The van der Waals surface area contributed by atoms with Crippen LogP contribution in [-0.2, 0) is 4.74 Å². The Kier molecular flexibility index (Phi) is 5.25. The first-order chi connectivity index (χ1) is 14.3. The minimum Gasteiger partial charge on any atom is -0.381 e. The van der Waals surface area contributed by atoms with E-state index >= 15 is 0 Å². The van der Waals surface area contributed by atoms with Gasteiger partial charge in [0.1, 0.15) is 0 Å². The maximum absolute atomic E-state index is 13.2. The predicted molar refractivity (Wildman–Crippen MR) is 114 cm³/mol. The van der Waals surface area contributed by atoms with E-state index in [2.05, 4.69) is 51.5 Å². The summed E-state index contributed by atoms with van der Waals surface area (Å²) in [6.07, 6.45) is 4.58. The average Bonchev–Trinajstić information content (AvgIpc) is 3.24. The third kappa shape index (κ3) is 3.65. The number of hydrogen-bond acceptors (Lipinski definition) is 3. The molecule has 2 amide bonds. The summed E-state index contributed by atoms with van der Waals surface area (Å²) >= 11 is 0. The van der Waals surface area contributed by atoms with Crippen LogP contribution < -0.4 is 5.32 Å². The number of carbonyl (C=O) groups is 1. The Labute approximate surface area is 172 Å². The topological polar surface area (TPSA) is 44.8 Å². The van der Waals surface area contributed by atoms with E-state index in [1.807, 2.05) is 18.2 Å². The lowest BCUT2D eigenvalue weighted by atomic mass is 9.93. The van der Waals surface area contributed by atoms with Crippen molar-refractivity contribution in [1.29, 1.82) is 0 Å². The second-order valence-electron chi connectivity index (χ2n) is 8.36. The summed E-state index contributed by atoms with van der Waals surface area (Å²) in [7, 11) is 0. The molecule has 3 aliphatic rings. The molecule has 5 heteroatoms. The van der Waals surface area contributed by atoms with Gasteiger partial charge in [-0.15, -0.1) is 0 Å². The number of likely N-dealkylation sites (tertiary alicyclic amines) is 1. The highest BCUT2D eigenvalue weighted by atomic mass is 16.5. The van der Waals surface area contributed by atoms with Crippen molar-refractivity contribution in [3.8, 4) is 0 Å². The van der Waals surface area contributed by atoms with Gasteiger partial charge in [0, 0.05) is 43.1 Å². The zero-order valence-electron chi connectivity index (χ0n) is 16.8. The molecule has 0 aromatic heterocycles. The highest BCUT2D eigenvalue weighted by Gasteiger charge is 2.38. The molecule has 0 aliphatic carbocycles. The molecule has 0 radical (unpaired) electrons. The van der Waals surface area contributed by atoms with Crippen LogP contribution >= 0.6 is 0 Å². The van der Waals surface area contributed by atoms with E-state index in [0.29, 0.717) is 12.1 Å². The number of benzene rings is 2. The molecule has 2 aromatic rings. The van der Waals surface area contributed by atoms with Crippen LogP contribution in [0.25, 0.3) is 0 Å². The van der Waals surface area contributed by atoms with Crippen LogP contribution in [0.15, 0.2) is 54.6 Å². The third-order valence-corrected chi connectivity index (χ3v) is 6.67. The van der Waals surface area contributed by atoms with Crippen LogP contribution in [0.2, 0.25) is 0 Å². The van der Waals surface area contributed by atoms with Gasteiger partial charge in [-0.25, -0.2) is 4.79 Å². The number of amides is 2. The molecule has 2 atom stereocenters. The molecule has 0 spiro atoms. The van der Waals surface area contributed by atoms with Crippen molar-refractivity contribution in [3.63, 3.8) is 0 Å². The van der Waals surface area contributed by atoms with Gasteiger partial charge in [0.15, 0.2) is 0 Å². The molecule has 0 bridgehead atoms. The number of fused-ring (bicyclic) bond motifs is 1. The molecule has 2 aromatic carbocycles. The first-order valence-corrected chi connectivity index (χ1v) is 10.9. The Bertz CT molecular complexity index is 850. The fourth-order valence-corrected chi connectivity index (χ4v) is 5.28. The van der Waals surface area contributed by atoms with E-state index in [9.17, 15) is 4.79 Å². The van der Waals surface area contributed by atoms with Crippen LogP contribution in [0.1, 0.15) is 42.9 Å². The number of anilines is 1. The highest BCUT2D eigenvalue weighted by Crippen LogP contribution is 2.38. The molecule has 3 heterocycles. The first-order valence-electron chi connectivity index (χ1n) is 10.9. The lowest BCUT2D eigenvalue weighted by molar-refractivity contribution is 0.0242. The molecule has 2 fully saturated rings. The van der Waals surface area contributed by atoms with Gasteiger partial charge in [-0.05, 0) is 43.9 Å². The Hall–Kier alpha value is -2.37. The lowest BCUT2D eigenvalue weighted by Gasteiger charge is -2.42. The number of ether oxygens (including phenoxy) is 1. The van der Waals surface area contributed by atoms with Gasteiger partial charge in [0.05, 0.1) is 6.04 Å². The molecule has 5 nitrogen and oxygen atoms in total. The zero-order chi connectivity index (χ0) is 19.6. The second kappa shape index (κ2) is 8.17. The SMILES string of the molecule is O=C1Nc2ccccc2C(c2ccccc2)N1CC1CCCN1C1CCOCC1. The molecule has 2 saturated heterocycles.